The lowest BCUT2D eigenvalue weighted by molar-refractivity contribution is -0.141. The van der Waals surface area contributed by atoms with E-state index in [1.807, 2.05) is 0 Å². The maximum Gasteiger partial charge on any atom is 0.322 e. The number of hydrogen-bond donors (Lipinski definition) is 3. The van der Waals surface area contributed by atoms with Crippen LogP contribution in [0.25, 0.3) is 0 Å². The summed E-state index contributed by atoms with van der Waals surface area (Å²) in [6, 6.07) is -0.495. The minimum Gasteiger partial charge on any atom is -0.480 e. The summed E-state index contributed by atoms with van der Waals surface area (Å²) < 4.78 is 4.25. The summed E-state index contributed by atoms with van der Waals surface area (Å²) in [5.74, 6) is -1.34. The Morgan fingerprint density at radius 1 is 1.54 bits per heavy atom. The van der Waals surface area contributed by atoms with Crippen molar-refractivity contribution in [1.82, 2.24) is 0 Å². The second-order valence-corrected chi connectivity index (χ2v) is 1.91. The highest BCUT2D eigenvalue weighted by molar-refractivity contribution is 5.85. The number of carboxylic acid groups (broad SMARTS) is 1. The second-order valence-electron chi connectivity index (χ2n) is 1.91. The van der Waals surface area contributed by atoms with Crippen molar-refractivity contribution in [3.8, 4) is 0 Å². The Morgan fingerprint density at radius 3 is 1.85 bits per heavy atom. The quantitative estimate of drug-likeness (QED) is 0.506. The van der Waals surface area contributed by atoms with Gasteiger partial charge < -0.3 is 21.3 Å². The summed E-state index contributed by atoms with van der Waals surface area (Å²) in [5, 5.41) is 7.60. The number of rotatable bonds is 2. The smallest absolute Gasteiger partial charge is 0.322 e. The van der Waals surface area contributed by atoms with E-state index in [2.05, 4.69) is 10.5 Å². The number of esters is 1. The van der Waals surface area contributed by atoms with Crippen LogP contribution in [0.1, 0.15) is 6.92 Å². The lowest BCUT2D eigenvalue weighted by Gasteiger charge is -1.98. The molecule has 0 radical (unpaired) electrons. The topological polar surface area (TPSA) is 116 Å². The van der Waals surface area contributed by atoms with E-state index in [9.17, 15) is 9.59 Å². The zero-order chi connectivity index (χ0) is 10.1. The molecule has 80 valence electrons. The molecule has 1 unspecified atom stereocenters. The number of carbonyl (C=O) groups excluding carboxylic acids is 1. The maximum atomic E-state index is 10.2. The van der Waals surface area contributed by atoms with Crippen LogP contribution in [-0.4, -0.2) is 36.7 Å². The number of nitrogens with two attached hydrogens (primary N) is 2. The van der Waals surface area contributed by atoms with E-state index in [0.717, 1.165) is 0 Å². The third-order valence-electron chi connectivity index (χ3n) is 0.748. The molecule has 0 amide bonds. The van der Waals surface area contributed by atoms with Gasteiger partial charge in [-0.1, -0.05) is 0 Å². The zero-order valence-corrected chi connectivity index (χ0v) is 8.34. The molecule has 6 nitrogen and oxygen atoms in total. The SMILES string of the molecule is COC(=O)C(C)N.Cl.NCC(=O)O. The van der Waals surface area contributed by atoms with Gasteiger partial charge in [-0.05, 0) is 6.92 Å². The van der Waals surface area contributed by atoms with E-state index in [0.29, 0.717) is 0 Å². The summed E-state index contributed by atoms with van der Waals surface area (Å²) in [6.45, 7) is 1.30. The van der Waals surface area contributed by atoms with Gasteiger partial charge in [0, 0.05) is 0 Å². The average Bonchev–Trinajstić information content (AvgIpc) is 2.04. The Hall–Kier alpha value is -0.850. The predicted molar refractivity (Wildman–Crippen MR) is 49.6 cm³/mol. The number of carbonyl (C=O) groups is 2. The van der Waals surface area contributed by atoms with Gasteiger partial charge in [0.15, 0.2) is 0 Å². The van der Waals surface area contributed by atoms with Gasteiger partial charge in [0.1, 0.15) is 6.04 Å². The van der Waals surface area contributed by atoms with Crippen molar-refractivity contribution in [2.75, 3.05) is 13.7 Å². The molecule has 1 atom stereocenters. The molecule has 0 aliphatic heterocycles. The highest BCUT2D eigenvalue weighted by Crippen LogP contribution is 1.76. The van der Waals surface area contributed by atoms with Gasteiger partial charge in [-0.3, -0.25) is 9.59 Å². The van der Waals surface area contributed by atoms with Gasteiger partial charge in [0.2, 0.25) is 0 Å². The fourth-order valence-corrected chi connectivity index (χ4v) is 0.186. The summed E-state index contributed by atoms with van der Waals surface area (Å²) >= 11 is 0. The van der Waals surface area contributed by atoms with Crippen molar-refractivity contribution in [2.24, 2.45) is 11.5 Å². The summed E-state index contributed by atoms with van der Waals surface area (Å²) in [5.41, 5.74) is 9.64. The van der Waals surface area contributed by atoms with E-state index >= 15 is 0 Å². The van der Waals surface area contributed by atoms with Gasteiger partial charge >= 0.3 is 11.9 Å². The third kappa shape index (κ3) is 18.3. The molecule has 13 heavy (non-hydrogen) atoms. The Balaban J connectivity index is -0.000000150. The predicted octanol–water partition coefficient (Wildman–Crippen LogP) is -1.04. The van der Waals surface area contributed by atoms with Crippen LogP contribution in [0.4, 0.5) is 0 Å². The average molecular weight is 215 g/mol. The number of aliphatic carboxylic acids is 1. The number of carboxylic acids is 1. The zero-order valence-electron chi connectivity index (χ0n) is 7.52. The second kappa shape index (κ2) is 11.2. The van der Waals surface area contributed by atoms with Crippen LogP contribution < -0.4 is 11.5 Å². The summed E-state index contributed by atoms with van der Waals surface area (Å²) in [6.07, 6.45) is 0. The molecule has 0 fully saturated rings. The molecule has 5 N–H and O–H groups in total. The molecule has 0 aromatic carbocycles. The molecular weight excluding hydrogens is 200 g/mol. The minimum absolute atomic E-state index is 0. The molecule has 0 aromatic rings. The highest BCUT2D eigenvalue weighted by Gasteiger charge is 2.03. The van der Waals surface area contributed by atoms with Crippen molar-refractivity contribution < 1.29 is 19.4 Å². The number of halogens is 1. The first-order chi connectivity index (χ1) is 5.45. The fourth-order valence-electron chi connectivity index (χ4n) is 0.186. The first kappa shape index (κ1) is 18.0. The molecule has 0 aromatic heterocycles. The molecule has 0 saturated carbocycles. The molecule has 0 spiro atoms. The van der Waals surface area contributed by atoms with Crippen molar-refractivity contribution in [3.05, 3.63) is 0 Å². The lowest BCUT2D eigenvalue weighted by Crippen LogP contribution is -2.27. The minimum atomic E-state index is -0.968. The molecule has 0 saturated heterocycles. The van der Waals surface area contributed by atoms with Crippen LogP contribution >= 0.6 is 12.4 Å². The van der Waals surface area contributed by atoms with E-state index in [1.165, 1.54) is 7.11 Å². The molecular formula is C6H15ClN2O4. The van der Waals surface area contributed by atoms with E-state index < -0.39 is 12.0 Å². The van der Waals surface area contributed by atoms with Crippen LogP contribution in [-0.2, 0) is 14.3 Å². The molecule has 0 aliphatic carbocycles. The van der Waals surface area contributed by atoms with Gasteiger partial charge in [-0.25, -0.2) is 0 Å². The van der Waals surface area contributed by atoms with Crippen LogP contribution in [0.5, 0.6) is 0 Å². The van der Waals surface area contributed by atoms with Crippen LogP contribution in [0.15, 0.2) is 0 Å². The van der Waals surface area contributed by atoms with Gasteiger partial charge in [-0.2, -0.15) is 0 Å². The molecule has 7 heteroatoms. The summed E-state index contributed by atoms with van der Waals surface area (Å²) in [7, 11) is 1.31. The molecule has 0 aliphatic rings. The maximum absolute atomic E-state index is 10.2. The number of methoxy groups -OCH3 is 1. The number of hydrogen-bond acceptors (Lipinski definition) is 5. The van der Waals surface area contributed by atoms with Crippen molar-refractivity contribution in [3.63, 3.8) is 0 Å². The fraction of sp³-hybridized carbons (Fsp3) is 0.667. The largest absolute Gasteiger partial charge is 0.480 e. The highest BCUT2D eigenvalue weighted by atomic mass is 35.5. The third-order valence-corrected chi connectivity index (χ3v) is 0.748. The summed E-state index contributed by atoms with van der Waals surface area (Å²) in [4.78, 5) is 19.4. The van der Waals surface area contributed by atoms with Crippen molar-refractivity contribution >= 4 is 24.3 Å². The van der Waals surface area contributed by atoms with Crippen molar-refractivity contribution in [1.29, 1.82) is 0 Å². The molecule has 0 rings (SSSR count). The first-order valence-electron chi connectivity index (χ1n) is 3.21. The van der Waals surface area contributed by atoms with Crippen LogP contribution in [0, 0.1) is 0 Å². The van der Waals surface area contributed by atoms with Gasteiger partial charge in [0.05, 0.1) is 13.7 Å². The Labute approximate surface area is 82.6 Å². The van der Waals surface area contributed by atoms with Crippen LogP contribution in [0.2, 0.25) is 0 Å². The monoisotopic (exact) mass is 214 g/mol. The first-order valence-corrected chi connectivity index (χ1v) is 3.21. The van der Waals surface area contributed by atoms with Crippen LogP contribution in [0.3, 0.4) is 0 Å². The van der Waals surface area contributed by atoms with Gasteiger partial charge in [0.25, 0.3) is 0 Å². The normalized spacial score (nSPS) is 9.85. The Morgan fingerprint density at radius 2 is 1.85 bits per heavy atom. The number of ether oxygens (including phenoxy) is 1. The molecule has 0 heterocycles. The van der Waals surface area contributed by atoms with E-state index in [4.69, 9.17) is 10.8 Å². The Bertz CT molecular complexity index is 152. The van der Waals surface area contributed by atoms with E-state index in [1.54, 1.807) is 6.92 Å². The standard InChI is InChI=1S/C4H9NO2.C2H5NO2.ClH/c1-3(5)4(6)7-2;3-1-2(4)5;/h3H,5H2,1-2H3;1,3H2,(H,4,5);1H. The van der Waals surface area contributed by atoms with Crippen molar-refractivity contribution in [2.45, 2.75) is 13.0 Å². The lowest BCUT2D eigenvalue weighted by atomic mass is 10.4. The van der Waals surface area contributed by atoms with E-state index in [-0.39, 0.29) is 24.9 Å². The van der Waals surface area contributed by atoms with Gasteiger partial charge in [-0.15, -0.1) is 12.4 Å². The molecule has 0 bridgehead atoms. The Kier molecular flexibility index (Phi) is 15.5.